The minimum absolute atomic E-state index is 0.136. The number of hydrazone groups is 1. The summed E-state index contributed by atoms with van der Waals surface area (Å²) in [6.45, 7) is 15.1. The van der Waals surface area contributed by atoms with Gasteiger partial charge in [-0.3, -0.25) is 14.8 Å². The summed E-state index contributed by atoms with van der Waals surface area (Å²) in [4.78, 5) is 5.50. The third kappa shape index (κ3) is 42.3. The fourth-order valence-electron chi connectivity index (χ4n) is 9.34. The predicted molar refractivity (Wildman–Crippen MR) is 296 cm³/mol. The highest BCUT2D eigenvalue weighted by molar-refractivity contribution is 8.41. The van der Waals surface area contributed by atoms with Crippen LogP contribution in [-0.2, 0) is 0 Å². The summed E-state index contributed by atoms with van der Waals surface area (Å²) in [5.41, 5.74) is 0. The van der Waals surface area contributed by atoms with E-state index in [1.54, 1.807) is 0 Å². The van der Waals surface area contributed by atoms with Crippen LogP contribution in [0.4, 0.5) is 0 Å². The van der Waals surface area contributed by atoms with Crippen molar-refractivity contribution in [3.05, 3.63) is 0 Å². The zero-order chi connectivity index (χ0) is 45.4. The van der Waals surface area contributed by atoms with Crippen molar-refractivity contribution >= 4 is 40.5 Å². The van der Waals surface area contributed by atoms with E-state index in [1.165, 1.54) is 313 Å². The fraction of sp³-hybridized carbons (Fsp3) is 0.982. The molecule has 0 saturated carbocycles. The molecule has 0 aliphatic carbocycles. The maximum Gasteiger partial charge on any atom is 0.154 e. The first-order valence-electron chi connectivity index (χ1n) is 28.9. The summed E-state index contributed by atoms with van der Waals surface area (Å²) >= 11 is 8.99. The van der Waals surface area contributed by atoms with Crippen LogP contribution in [0.15, 0.2) is 5.10 Å². The smallest absolute Gasteiger partial charge is 0.154 e. The van der Waals surface area contributed by atoms with Gasteiger partial charge in [0.25, 0.3) is 0 Å². The maximum atomic E-state index is 5.24. The zero-order valence-corrected chi connectivity index (χ0v) is 46.0. The second kappa shape index (κ2) is 50.3. The van der Waals surface area contributed by atoms with E-state index < -0.39 is 0 Å². The average molecular weight is 940 g/mol. The van der Waals surface area contributed by atoms with Crippen LogP contribution >= 0.6 is 36.2 Å². The molecule has 0 aromatic carbocycles. The number of unbranched alkanes of at least 4 members (excludes halogenated alkanes) is 40. The van der Waals surface area contributed by atoms with Gasteiger partial charge in [-0.15, -0.1) is 12.6 Å². The number of hydrogen-bond acceptors (Lipinski definition) is 7. The first-order chi connectivity index (χ1) is 31.1. The molecule has 1 atom stereocenters. The Labute approximate surface area is 411 Å². The lowest BCUT2D eigenvalue weighted by molar-refractivity contribution is 0.144. The Hall–Kier alpha value is 0.440. The van der Waals surface area contributed by atoms with Crippen molar-refractivity contribution < 1.29 is 0 Å². The molecule has 0 aromatic heterocycles. The van der Waals surface area contributed by atoms with Crippen LogP contribution in [0, 0.1) is 0 Å². The molecule has 0 amide bonds. The maximum absolute atomic E-state index is 5.24. The van der Waals surface area contributed by atoms with Crippen molar-refractivity contribution in [3.63, 3.8) is 0 Å². The first kappa shape index (κ1) is 61.5. The molecule has 63 heavy (non-hydrogen) atoms. The monoisotopic (exact) mass is 939 g/mol. The third-order valence-corrected chi connectivity index (χ3v) is 16.5. The summed E-state index contributed by atoms with van der Waals surface area (Å²) in [5.74, 6) is 1.08. The Kier molecular flexibility index (Phi) is 49.1. The topological polar surface area (TPSA) is 22.1 Å². The van der Waals surface area contributed by atoms with E-state index in [1.807, 2.05) is 23.5 Å². The molecule has 1 aliphatic rings. The van der Waals surface area contributed by atoms with Crippen molar-refractivity contribution in [3.8, 4) is 0 Å². The Morgan fingerprint density at radius 2 is 0.619 bits per heavy atom. The summed E-state index contributed by atoms with van der Waals surface area (Å²) in [6, 6.07) is 0. The molecule has 0 spiro atoms. The van der Waals surface area contributed by atoms with E-state index >= 15 is 0 Å². The van der Waals surface area contributed by atoms with Crippen LogP contribution in [-0.4, -0.2) is 62.6 Å². The number of thioether (sulfide) groups is 2. The second-order valence-corrected chi connectivity index (χ2v) is 23.1. The minimum Gasteiger partial charge on any atom is -0.294 e. The first-order valence-corrected chi connectivity index (χ1v) is 31.3. The van der Waals surface area contributed by atoms with Crippen LogP contribution in [0.1, 0.15) is 310 Å². The lowest BCUT2D eigenvalue weighted by Crippen LogP contribution is -2.37. The van der Waals surface area contributed by atoms with Crippen LogP contribution in [0.25, 0.3) is 0 Å². The van der Waals surface area contributed by atoms with Gasteiger partial charge in [0.1, 0.15) is 4.71 Å². The van der Waals surface area contributed by atoms with Gasteiger partial charge in [0.05, 0.1) is 12.5 Å². The molecule has 7 heteroatoms. The lowest BCUT2D eigenvalue weighted by Gasteiger charge is -2.28. The minimum atomic E-state index is 0.136. The highest BCUT2D eigenvalue weighted by Crippen LogP contribution is 2.34. The van der Waals surface area contributed by atoms with E-state index in [0.29, 0.717) is 0 Å². The van der Waals surface area contributed by atoms with Crippen molar-refractivity contribution in [2.24, 2.45) is 5.10 Å². The van der Waals surface area contributed by atoms with Gasteiger partial charge in [-0.2, -0.15) is 5.10 Å². The number of nitrogens with zero attached hydrogens (tertiary/aromatic N) is 4. The van der Waals surface area contributed by atoms with Gasteiger partial charge in [0, 0.05) is 0 Å². The summed E-state index contributed by atoms with van der Waals surface area (Å²) < 4.78 is 1.37. The largest absolute Gasteiger partial charge is 0.294 e. The standard InChI is InChI=1S/C56H114N4S3/c1-5-9-13-17-21-25-29-33-37-41-45-49-58(50-46-42-38-34-30-26-22-18-14-10-6-2)53-60-56(61)63-55(57-60)62-54-59(51-47-43-39-35-31-27-23-19-15-11-7-3)52-48-44-40-36-32-28-24-20-16-12-8-4/h56,61H,5-54H2,1-4H3. The predicted octanol–water partition coefficient (Wildman–Crippen LogP) is 20.0. The highest BCUT2D eigenvalue weighted by Gasteiger charge is 2.26. The third-order valence-electron chi connectivity index (χ3n) is 13.7. The van der Waals surface area contributed by atoms with Crippen molar-refractivity contribution in [2.75, 3.05) is 38.7 Å². The second-order valence-electron chi connectivity index (χ2n) is 20.0. The molecule has 0 saturated heterocycles. The zero-order valence-electron chi connectivity index (χ0n) is 43.5. The fourth-order valence-corrected chi connectivity index (χ4v) is 12.0. The molecule has 0 aromatic rings. The molecule has 0 N–H and O–H groups in total. The molecule has 0 fully saturated rings. The summed E-state index contributed by atoms with van der Waals surface area (Å²) in [7, 11) is 0. The number of thiol groups is 1. The Bertz CT molecular complexity index is 869. The Morgan fingerprint density at radius 1 is 0.381 bits per heavy atom. The molecule has 1 rings (SSSR count). The molecule has 376 valence electrons. The van der Waals surface area contributed by atoms with Gasteiger partial charge in [0.2, 0.25) is 0 Å². The van der Waals surface area contributed by atoms with Gasteiger partial charge in [-0.25, -0.2) is 0 Å². The van der Waals surface area contributed by atoms with Crippen LogP contribution in [0.2, 0.25) is 0 Å². The van der Waals surface area contributed by atoms with Gasteiger partial charge < -0.3 is 0 Å². The molecule has 0 radical (unpaired) electrons. The molecule has 1 heterocycles. The van der Waals surface area contributed by atoms with E-state index in [4.69, 9.17) is 17.7 Å². The summed E-state index contributed by atoms with van der Waals surface area (Å²) in [5, 5.41) is 7.56. The van der Waals surface area contributed by atoms with Crippen LogP contribution in [0.3, 0.4) is 0 Å². The van der Waals surface area contributed by atoms with E-state index in [2.05, 4.69) is 42.5 Å². The lowest BCUT2D eigenvalue weighted by atomic mass is 10.1. The number of rotatable bonds is 52. The van der Waals surface area contributed by atoms with Crippen LogP contribution < -0.4 is 0 Å². The quantitative estimate of drug-likeness (QED) is 0.0372. The van der Waals surface area contributed by atoms with Crippen molar-refractivity contribution in [1.29, 1.82) is 0 Å². The van der Waals surface area contributed by atoms with Crippen molar-refractivity contribution in [1.82, 2.24) is 14.8 Å². The van der Waals surface area contributed by atoms with E-state index in [9.17, 15) is 0 Å². The van der Waals surface area contributed by atoms with Crippen molar-refractivity contribution in [2.45, 2.75) is 315 Å². The SMILES string of the molecule is CCCCCCCCCCCCCN(CCCCCCCCCCCCC)CSC1=NN(CN(CCCCCCCCCCCCC)CCCCCCCCCCCCC)C(S)S1. The van der Waals surface area contributed by atoms with Crippen LogP contribution in [0.5, 0.6) is 0 Å². The Balaban J connectivity index is 2.60. The molecule has 0 bridgehead atoms. The molecular weight excluding hydrogens is 825 g/mol. The highest BCUT2D eigenvalue weighted by atomic mass is 32.2. The molecule has 4 nitrogen and oxygen atoms in total. The summed E-state index contributed by atoms with van der Waals surface area (Å²) in [6.07, 6.45) is 62.3. The normalized spacial score (nSPS) is 14.3. The Morgan fingerprint density at radius 3 is 0.889 bits per heavy atom. The average Bonchev–Trinajstić information content (AvgIpc) is 3.64. The van der Waals surface area contributed by atoms with Gasteiger partial charge in [-0.05, 0) is 51.9 Å². The molecule has 1 unspecified atom stereocenters. The van der Waals surface area contributed by atoms with E-state index in [0.717, 1.165) is 12.5 Å². The van der Waals surface area contributed by atoms with E-state index in [-0.39, 0.29) is 4.71 Å². The molecule has 1 aliphatic heterocycles. The number of hydrogen-bond donors (Lipinski definition) is 1. The van der Waals surface area contributed by atoms with Gasteiger partial charge in [0.15, 0.2) is 4.38 Å². The van der Waals surface area contributed by atoms with Gasteiger partial charge in [-0.1, -0.05) is 308 Å². The molecular formula is C56H114N4S3. The van der Waals surface area contributed by atoms with Gasteiger partial charge >= 0.3 is 0 Å².